The van der Waals surface area contributed by atoms with Gasteiger partial charge in [0, 0.05) is 6.04 Å². The number of anilines is 1. The molecule has 18 heavy (non-hydrogen) atoms. The second kappa shape index (κ2) is 6.23. The van der Waals surface area contributed by atoms with Gasteiger partial charge in [0.25, 0.3) is 0 Å². The van der Waals surface area contributed by atoms with Gasteiger partial charge in [-0.05, 0) is 26.7 Å². The predicted molar refractivity (Wildman–Crippen MR) is 73.3 cm³/mol. The largest absolute Gasteiger partial charge is 0.474 e. The number of nitrogens with one attached hydrogen (secondary N) is 1. The van der Waals surface area contributed by atoms with E-state index in [9.17, 15) is 0 Å². The molecule has 0 amide bonds. The molecular weight excluding hydrogens is 250 g/mol. The minimum absolute atomic E-state index is 0.102. The summed E-state index contributed by atoms with van der Waals surface area (Å²) in [6.07, 6.45) is 8.03. The van der Waals surface area contributed by atoms with Gasteiger partial charge in [-0.15, -0.1) is 11.6 Å². The van der Waals surface area contributed by atoms with E-state index in [1.54, 1.807) is 12.4 Å². The Balaban J connectivity index is 1.99. The van der Waals surface area contributed by atoms with Crippen molar-refractivity contribution in [2.45, 2.75) is 57.1 Å². The molecular formula is C13H20ClN3O. The van der Waals surface area contributed by atoms with Crippen LogP contribution in [0.4, 0.5) is 5.82 Å². The van der Waals surface area contributed by atoms with Crippen LogP contribution in [0.15, 0.2) is 12.4 Å². The van der Waals surface area contributed by atoms with Crippen LogP contribution in [0, 0.1) is 0 Å². The van der Waals surface area contributed by atoms with Gasteiger partial charge in [0.15, 0.2) is 0 Å². The normalized spacial score (nSPS) is 24.0. The Hall–Kier alpha value is -1.03. The van der Waals surface area contributed by atoms with Gasteiger partial charge in [0.05, 0.1) is 23.9 Å². The van der Waals surface area contributed by atoms with E-state index in [1.165, 1.54) is 12.8 Å². The van der Waals surface area contributed by atoms with Crippen LogP contribution >= 0.6 is 11.6 Å². The smallest absolute Gasteiger partial charge is 0.234 e. The predicted octanol–water partition coefficient (Wildman–Crippen LogP) is 3.23. The lowest BCUT2D eigenvalue weighted by Crippen LogP contribution is -2.33. The molecule has 100 valence electrons. The first-order valence-electron chi connectivity index (χ1n) is 6.54. The lowest BCUT2D eigenvalue weighted by Gasteiger charge is -2.28. The van der Waals surface area contributed by atoms with Crippen LogP contribution in [0.25, 0.3) is 0 Å². The summed E-state index contributed by atoms with van der Waals surface area (Å²) in [6, 6.07) is 0.281. The Labute approximate surface area is 113 Å². The Kier molecular flexibility index (Phi) is 4.64. The second-order valence-corrected chi connectivity index (χ2v) is 5.52. The molecule has 1 aliphatic rings. The van der Waals surface area contributed by atoms with E-state index in [0.717, 1.165) is 18.7 Å². The van der Waals surface area contributed by atoms with Crippen molar-refractivity contribution in [1.29, 1.82) is 0 Å². The Bertz CT molecular complexity index is 386. The fourth-order valence-electron chi connectivity index (χ4n) is 2.15. The van der Waals surface area contributed by atoms with Crippen molar-refractivity contribution < 1.29 is 4.74 Å². The highest BCUT2D eigenvalue weighted by Crippen LogP contribution is 2.25. The van der Waals surface area contributed by atoms with Gasteiger partial charge in [-0.25, -0.2) is 0 Å². The quantitative estimate of drug-likeness (QED) is 0.853. The van der Waals surface area contributed by atoms with Gasteiger partial charge in [-0.1, -0.05) is 12.8 Å². The fourth-order valence-corrected chi connectivity index (χ4v) is 2.50. The lowest BCUT2D eigenvalue weighted by atomic mass is 9.95. The highest BCUT2D eigenvalue weighted by atomic mass is 35.5. The van der Waals surface area contributed by atoms with Crippen molar-refractivity contribution in [2.24, 2.45) is 0 Å². The summed E-state index contributed by atoms with van der Waals surface area (Å²) >= 11 is 6.31. The monoisotopic (exact) mass is 269 g/mol. The van der Waals surface area contributed by atoms with E-state index in [0.29, 0.717) is 5.88 Å². The van der Waals surface area contributed by atoms with E-state index in [2.05, 4.69) is 15.3 Å². The maximum absolute atomic E-state index is 6.31. The third-order valence-electron chi connectivity index (χ3n) is 2.98. The summed E-state index contributed by atoms with van der Waals surface area (Å²) in [5, 5.41) is 3.53. The van der Waals surface area contributed by atoms with Crippen LogP contribution in [-0.2, 0) is 0 Å². The topological polar surface area (TPSA) is 47.0 Å². The molecule has 2 atom stereocenters. The Morgan fingerprint density at radius 1 is 1.33 bits per heavy atom. The third-order valence-corrected chi connectivity index (χ3v) is 3.51. The summed E-state index contributed by atoms with van der Waals surface area (Å²) in [5.74, 6) is 1.29. The molecule has 0 aliphatic heterocycles. The number of alkyl halides is 1. The SMILES string of the molecule is CC(C)Oc1cncc(NC2CCCCC2Cl)n1. The van der Waals surface area contributed by atoms with Crippen molar-refractivity contribution in [1.82, 2.24) is 9.97 Å². The van der Waals surface area contributed by atoms with Crippen molar-refractivity contribution in [3.63, 3.8) is 0 Å². The van der Waals surface area contributed by atoms with Crippen molar-refractivity contribution in [3.8, 4) is 5.88 Å². The summed E-state index contributed by atoms with van der Waals surface area (Å²) in [6.45, 7) is 3.94. The van der Waals surface area contributed by atoms with Gasteiger partial charge >= 0.3 is 0 Å². The summed E-state index contributed by atoms with van der Waals surface area (Å²) in [7, 11) is 0. The number of hydrogen-bond acceptors (Lipinski definition) is 4. The zero-order valence-corrected chi connectivity index (χ0v) is 11.7. The molecule has 1 fully saturated rings. The fraction of sp³-hybridized carbons (Fsp3) is 0.692. The molecule has 1 aromatic heterocycles. The van der Waals surface area contributed by atoms with Crippen molar-refractivity contribution in [2.75, 3.05) is 5.32 Å². The van der Waals surface area contributed by atoms with Crippen LogP contribution < -0.4 is 10.1 Å². The number of ether oxygens (including phenoxy) is 1. The molecule has 0 aromatic carbocycles. The third kappa shape index (κ3) is 3.73. The van der Waals surface area contributed by atoms with Crippen LogP contribution in [0.3, 0.4) is 0 Å². The van der Waals surface area contributed by atoms with Gasteiger partial charge in [0.2, 0.25) is 5.88 Å². The molecule has 1 N–H and O–H groups in total. The minimum atomic E-state index is 0.102. The van der Waals surface area contributed by atoms with E-state index >= 15 is 0 Å². The zero-order chi connectivity index (χ0) is 13.0. The molecule has 0 saturated heterocycles. The van der Waals surface area contributed by atoms with Crippen LogP contribution in [0.2, 0.25) is 0 Å². The molecule has 2 unspecified atom stereocenters. The van der Waals surface area contributed by atoms with Gasteiger partial charge in [0.1, 0.15) is 5.82 Å². The van der Waals surface area contributed by atoms with E-state index in [4.69, 9.17) is 16.3 Å². The molecule has 1 saturated carbocycles. The average molecular weight is 270 g/mol. The first kappa shape index (κ1) is 13.4. The molecule has 1 aromatic rings. The zero-order valence-electron chi connectivity index (χ0n) is 10.9. The molecule has 1 heterocycles. The molecule has 4 nitrogen and oxygen atoms in total. The number of halogens is 1. The minimum Gasteiger partial charge on any atom is -0.474 e. The molecule has 2 rings (SSSR count). The average Bonchev–Trinajstić information content (AvgIpc) is 2.32. The summed E-state index contributed by atoms with van der Waals surface area (Å²) in [4.78, 5) is 8.52. The number of nitrogens with zero attached hydrogens (tertiary/aromatic N) is 2. The standard InChI is InChI=1S/C13H20ClN3O/c1-9(2)18-13-8-15-7-12(17-13)16-11-6-4-3-5-10(11)14/h7-11H,3-6H2,1-2H3,(H,16,17). The lowest BCUT2D eigenvalue weighted by molar-refractivity contribution is 0.232. The molecule has 5 heteroatoms. The Morgan fingerprint density at radius 3 is 2.83 bits per heavy atom. The van der Waals surface area contributed by atoms with Crippen LogP contribution in [0.5, 0.6) is 5.88 Å². The van der Waals surface area contributed by atoms with E-state index in [1.807, 2.05) is 13.8 Å². The van der Waals surface area contributed by atoms with Gasteiger partial charge in [-0.3, -0.25) is 4.98 Å². The number of rotatable bonds is 4. The first-order valence-corrected chi connectivity index (χ1v) is 6.98. The summed E-state index contributed by atoms with van der Waals surface area (Å²) < 4.78 is 5.52. The highest BCUT2D eigenvalue weighted by molar-refractivity contribution is 6.21. The molecule has 0 bridgehead atoms. The number of hydrogen-bond donors (Lipinski definition) is 1. The van der Waals surface area contributed by atoms with Crippen molar-refractivity contribution >= 4 is 17.4 Å². The van der Waals surface area contributed by atoms with E-state index < -0.39 is 0 Å². The maximum Gasteiger partial charge on any atom is 0.234 e. The molecule has 1 aliphatic carbocycles. The highest BCUT2D eigenvalue weighted by Gasteiger charge is 2.23. The van der Waals surface area contributed by atoms with Crippen LogP contribution in [-0.4, -0.2) is 27.5 Å². The van der Waals surface area contributed by atoms with Gasteiger partial charge < -0.3 is 10.1 Å². The summed E-state index contributed by atoms with van der Waals surface area (Å²) in [5.41, 5.74) is 0. The van der Waals surface area contributed by atoms with Gasteiger partial charge in [-0.2, -0.15) is 4.98 Å². The van der Waals surface area contributed by atoms with Crippen molar-refractivity contribution in [3.05, 3.63) is 12.4 Å². The number of aromatic nitrogens is 2. The van der Waals surface area contributed by atoms with Crippen LogP contribution in [0.1, 0.15) is 39.5 Å². The molecule has 0 radical (unpaired) electrons. The second-order valence-electron chi connectivity index (χ2n) is 4.96. The first-order chi connectivity index (χ1) is 8.65. The Morgan fingerprint density at radius 2 is 2.11 bits per heavy atom. The van der Waals surface area contributed by atoms with E-state index in [-0.39, 0.29) is 17.5 Å². The maximum atomic E-state index is 6.31. The molecule has 0 spiro atoms.